The lowest BCUT2D eigenvalue weighted by Gasteiger charge is -2.18. The highest BCUT2D eigenvalue weighted by Crippen LogP contribution is 2.16. The lowest BCUT2D eigenvalue weighted by Crippen LogP contribution is -2.30. The van der Waals surface area contributed by atoms with Crippen LogP contribution in [0.25, 0.3) is 0 Å². The predicted octanol–water partition coefficient (Wildman–Crippen LogP) is 16.7. The number of carbonyl (C=O) groups excluding carboxylic acids is 2. The summed E-state index contributed by atoms with van der Waals surface area (Å²) in [5.74, 6) is -0.388. The number of rotatable bonds is 47. The largest absolute Gasteiger partial charge is 0.462 e. The van der Waals surface area contributed by atoms with Crippen LogP contribution in [0.5, 0.6) is 0 Å². The third-order valence-electron chi connectivity index (χ3n) is 11.3. The van der Waals surface area contributed by atoms with Gasteiger partial charge in [-0.1, -0.05) is 232 Å². The summed E-state index contributed by atoms with van der Waals surface area (Å²) in [4.78, 5) is 25.2. The normalized spacial score (nSPS) is 12.1. The summed E-state index contributed by atoms with van der Waals surface area (Å²) in [6.07, 6.45) is 53.7. The molecule has 0 spiro atoms. The Kier molecular flexibility index (Phi) is 46.8. The molecule has 0 bridgehead atoms. The maximum absolute atomic E-state index is 12.6. The van der Waals surface area contributed by atoms with E-state index in [2.05, 4.69) is 32.9 Å². The zero-order valence-corrected chi connectivity index (χ0v) is 38.2. The number of allylic oxidation sites excluding steroid dienone is 2. The third-order valence-corrected chi connectivity index (χ3v) is 11.3. The highest BCUT2D eigenvalue weighted by molar-refractivity contribution is 5.70. The molecule has 0 aromatic heterocycles. The van der Waals surface area contributed by atoms with Gasteiger partial charge in [-0.3, -0.25) is 9.59 Å². The van der Waals surface area contributed by atoms with Crippen molar-refractivity contribution in [2.24, 2.45) is 0 Å². The molecule has 0 aliphatic heterocycles. The molecule has 1 unspecified atom stereocenters. The van der Waals surface area contributed by atoms with E-state index in [1.807, 2.05) is 0 Å². The van der Waals surface area contributed by atoms with Gasteiger partial charge in [0, 0.05) is 19.4 Å². The van der Waals surface area contributed by atoms with E-state index in [-0.39, 0.29) is 18.5 Å². The van der Waals surface area contributed by atoms with Gasteiger partial charge in [0.2, 0.25) is 0 Å². The fourth-order valence-corrected chi connectivity index (χ4v) is 7.51. The van der Waals surface area contributed by atoms with Crippen molar-refractivity contribution < 1.29 is 23.8 Å². The quantitative estimate of drug-likeness (QED) is 0.0349. The molecule has 0 fully saturated rings. The molecule has 5 heteroatoms. The Morgan fingerprint density at radius 3 is 1.09 bits per heavy atom. The molecule has 0 amide bonds. The number of hydrogen-bond donors (Lipinski definition) is 0. The lowest BCUT2D eigenvalue weighted by atomic mass is 10.0. The molecule has 0 heterocycles. The average molecular weight is 791 g/mol. The van der Waals surface area contributed by atoms with Crippen LogP contribution in [0, 0.1) is 0 Å². The first-order chi connectivity index (χ1) is 27.6. The summed E-state index contributed by atoms with van der Waals surface area (Å²) in [5.41, 5.74) is 0. The van der Waals surface area contributed by atoms with E-state index >= 15 is 0 Å². The van der Waals surface area contributed by atoms with E-state index < -0.39 is 6.10 Å². The number of esters is 2. The van der Waals surface area contributed by atoms with Crippen molar-refractivity contribution in [2.75, 3.05) is 19.8 Å². The SMILES string of the molecule is CCCCCCCC/C=C\CCCCCCCCOCC(COC(=O)CCCCCCCCCCCCCCCCCCC)OC(=O)CCCCCCCCC. The summed E-state index contributed by atoms with van der Waals surface area (Å²) in [7, 11) is 0. The van der Waals surface area contributed by atoms with Gasteiger partial charge in [-0.15, -0.1) is 0 Å². The fraction of sp³-hybridized carbons (Fsp3) is 0.922. The van der Waals surface area contributed by atoms with Crippen molar-refractivity contribution in [3.05, 3.63) is 12.2 Å². The number of unbranched alkanes of at least 4 members (excludes halogenated alkanes) is 34. The van der Waals surface area contributed by atoms with Gasteiger partial charge in [0.05, 0.1) is 6.61 Å². The molecule has 0 aromatic carbocycles. The molecule has 0 saturated carbocycles. The Morgan fingerprint density at radius 2 is 0.696 bits per heavy atom. The lowest BCUT2D eigenvalue weighted by molar-refractivity contribution is -0.163. The van der Waals surface area contributed by atoms with Gasteiger partial charge in [-0.25, -0.2) is 0 Å². The first-order valence-corrected chi connectivity index (χ1v) is 25.2. The summed E-state index contributed by atoms with van der Waals surface area (Å²) in [5, 5.41) is 0. The summed E-state index contributed by atoms with van der Waals surface area (Å²) >= 11 is 0. The van der Waals surface area contributed by atoms with E-state index in [1.54, 1.807) is 0 Å². The number of ether oxygens (including phenoxy) is 3. The van der Waals surface area contributed by atoms with Crippen LogP contribution < -0.4 is 0 Å². The van der Waals surface area contributed by atoms with Crippen molar-refractivity contribution in [3.63, 3.8) is 0 Å². The highest BCUT2D eigenvalue weighted by atomic mass is 16.6. The molecule has 56 heavy (non-hydrogen) atoms. The Hall–Kier alpha value is -1.36. The van der Waals surface area contributed by atoms with Crippen molar-refractivity contribution in [3.8, 4) is 0 Å². The van der Waals surface area contributed by atoms with E-state index in [9.17, 15) is 9.59 Å². The predicted molar refractivity (Wildman–Crippen MR) is 242 cm³/mol. The fourth-order valence-electron chi connectivity index (χ4n) is 7.51. The highest BCUT2D eigenvalue weighted by Gasteiger charge is 2.17. The second kappa shape index (κ2) is 48.0. The van der Waals surface area contributed by atoms with Crippen LogP contribution in [0.2, 0.25) is 0 Å². The van der Waals surface area contributed by atoms with E-state index in [4.69, 9.17) is 14.2 Å². The molecule has 0 rings (SSSR count). The molecule has 5 nitrogen and oxygen atoms in total. The van der Waals surface area contributed by atoms with Crippen LogP contribution in [-0.4, -0.2) is 37.9 Å². The Morgan fingerprint density at radius 1 is 0.375 bits per heavy atom. The number of hydrogen-bond acceptors (Lipinski definition) is 5. The van der Waals surface area contributed by atoms with Gasteiger partial charge >= 0.3 is 11.9 Å². The molecule has 0 radical (unpaired) electrons. The number of carbonyl (C=O) groups is 2. The van der Waals surface area contributed by atoms with Crippen molar-refractivity contribution in [2.45, 2.75) is 284 Å². The van der Waals surface area contributed by atoms with Gasteiger partial charge < -0.3 is 14.2 Å². The van der Waals surface area contributed by atoms with Crippen molar-refractivity contribution in [1.29, 1.82) is 0 Å². The smallest absolute Gasteiger partial charge is 0.306 e. The molecule has 0 N–H and O–H groups in total. The third kappa shape index (κ3) is 45.3. The maximum atomic E-state index is 12.6. The van der Waals surface area contributed by atoms with E-state index in [1.165, 1.54) is 205 Å². The van der Waals surface area contributed by atoms with Gasteiger partial charge in [-0.05, 0) is 44.9 Å². The first kappa shape index (κ1) is 54.6. The monoisotopic (exact) mass is 791 g/mol. The first-order valence-electron chi connectivity index (χ1n) is 25.2. The Labute approximate surface area is 350 Å². The van der Waals surface area contributed by atoms with Gasteiger partial charge in [0.25, 0.3) is 0 Å². The molecular formula is C51H98O5. The van der Waals surface area contributed by atoms with Crippen molar-refractivity contribution in [1.82, 2.24) is 0 Å². The second-order valence-electron chi connectivity index (χ2n) is 17.1. The molecule has 0 aromatic rings. The zero-order chi connectivity index (χ0) is 40.7. The minimum Gasteiger partial charge on any atom is -0.462 e. The van der Waals surface area contributed by atoms with E-state index in [0.29, 0.717) is 26.1 Å². The summed E-state index contributed by atoms with van der Waals surface area (Å²) in [6, 6.07) is 0. The van der Waals surface area contributed by atoms with Crippen LogP contribution >= 0.6 is 0 Å². The molecular weight excluding hydrogens is 693 g/mol. The summed E-state index contributed by atoms with van der Waals surface area (Å²) in [6.45, 7) is 7.83. The minimum atomic E-state index is -0.527. The Bertz CT molecular complexity index is 810. The van der Waals surface area contributed by atoms with Crippen LogP contribution in [0.3, 0.4) is 0 Å². The van der Waals surface area contributed by atoms with Crippen LogP contribution in [0.4, 0.5) is 0 Å². The van der Waals surface area contributed by atoms with Crippen LogP contribution in [0.15, 0.2) is 12.2 Å². The van der Waals surface area contributed by atoms with Gasteiger partial charge in [-0.2, -0.15) is 0 Å². The van der Waals surface area contributed by atoms with Gasteiger partial charge in [0.1, 0.15) is 6.61 Å². The topological polar surface area (TPSA) is 61.8 Å². The average Bonchev–Trinajstić information content (AvgIpc) is 3.20. The minimum absolute atomic E-state index is 0.0912. The maximum Gasteiger partial charge on any atom is 0.306 e. The van der Waals surface area contributed by atoms with Gasteiger partial charge in [0.15, 0.2) is 6.10 Å². The molecule has 1 atom stereocenters. The van der Waals surface area contributed by atoms with Crippen LogP contribution in [-0.2, 0) is 23.8 Å². The molecule has 332 valence electrons. The molecule has 0 aliphatic rings. The Balaban J connectivity index is 4.07. The van der Waals surface area contributed by atoms with Crippen molar-refractivity contribution >= 4 is 11.9 Å². The standard InChI is InChI=1S/C51H98O5/c1-4-7-10-13-16-18-20-22-24-26-27-29-31-33-36-38-41-44-50(52)55-48-49(56-51(53)45-42-39-35-15-12-9-6-3)47-54-46-43-40-37-34-32-30-28-25-23-21-19-17-14-11-8-5-2/h23,25,49H,4-22,24,26-48H2,1-3H3/b25-23-. The summed E-state index contributed by atoms with van der Waals surface area (Å²) < 4.78 is 17.3. The van der Waals surface area contributed by atoms with E-state index in [0.717, 1.165) is 38.5 Å². The zero-order valence-electron chi connectivity index (χ0n) is 38.2. The molecule has 0 aliphatic carbocycles. The molecule has 0 saturated heterocycles. The second-order valence-corrected chi connectivity index (χ2v) is 17.1. The van der Waals surface area contributed by atoms with Crippen LogP contribution in [0.1, 0.15) is 278 Å².